The molecule has 1 unspecified atom stereocenters. The Balaban J connectivity index is 2.15. The summed E-state index contributed by atoms with van der Waals surface area (Å²) in [5.74, 6) is 0.416. The lowest BCUT2D eigenvalue weighted by Gasteiger charge is -2.13. The Morgan fingerprint density at radius 1 is 1.47 bits per heavy atom. The van der Waals surface area contributed by atoms with E-state index < -0.39 is 0 Å². The van der Waals surface area contributed by atoms with Gasteiger partial charge in [0.05, 0.1) is 11.7 Å². The van der Waals surface area contributed by atoms with Gasteiger partial charge in [0, 0.05) is 16.8 Å². The first-order chi connectivity index (χ1) is 8.99. The summed E-state index contributed by atoms with van der Waals surface area (Å²) in [4.78, 5) is 16.0. The van der Waals surface area contributed by atoms with E-state index in [9.17, 15) is 4.79 Å². The van der Waals surface area contributed by atoms with Crippen molar-refractivity contribution in [2.24, 2.45) is 0 Å². The van der Waals surface area contributed by atoms with Crippen LogP contribution in [0.15, 0.2) is 22.9 Å². The van der Waals surface area contributed by atoms with Gasteiger partial charge < -0.3 is 9.84 Å². The van der Waals surface area contributed by atoms with Crippen LogP contribution in [0.25, 0.3) is 0 Å². The average molecular weight is 280 g/mol. The van der Waals surface area contributed by atoms with E-state index in [1.165, 1.54) is 12.3 Å². The van der Waals surface area contributed by atoms with Crippen LogP contribution in [0.4, 0.5) is 0 Å². The minimum atomic E-state index is -0.282. The average Bonchev–Trinajstić information content (AvgIpc) is 2.69. The number of aromatic nitrogens is 2. The fourth-order valence-electron chi connectivity index (χ4n) is 1.98. The summed E-state index contributed by atoms with van der Waals surface area (Å²) in [6.07, 6.45) is 1.50. The molecule has 0 saturated carbocycles. The molecule has 0 aromatic carbocycles. The van der Waals surface area contributed by atoms with Crippen LogP contribution in [0.5, 0.6) is 0 Å². The first-order valence-electron chi connectivity index (χ1n) is 5.84. The molecular formula is C13H14ClN3O2. The van der Waals surface area contributed by atoms with Gasteiger partial charge in [-0.2, -0.15) is 0 Å². The second-order valence-electron chi connectivity index (χ2n) is 4.29. The van der Waals surface area contributed by atoms with Gasteiger partial charge in [-0.1, -0.05) is 16.8 Å². The van der Waals surface area contributed by atoms with E-state index in [4.69, 9.17) is 16.1 Å². The van der Waals surface area contributed by atoms with Crippen LogP contribution in [0, 0.1) is 13.8 Å². The van der Waals surface area contributed by atoms with Gasteiger partial charge in [0.15, 0.2) is 0 Å². The van der Waals surface area contributed by atoms with Crippen LogP contribution in [-0.4, -0.2) is 16.0 Å². The third-order valence-electron chi connectivity index (χ3n) is 2.82. The summed E-state index contributed by atoms with van der Waals surface area (Å²) in [7, 11) is 0. The lowest BCUT2D eigenvalue weighted by atomic mass is 10.1. The topological polar surface area (TPSA) is 68.0 Å². The second-order valence-corrected chi connectivity index (χ2v) is 4.73. The molecule has 5 nitrogen and oxygen atoms in total. The molecule has 0 fully saturated rings. The molecule has 1 atom stereocenters. The number of amides is 1. The van der Waals surface area contributed by atoms with Gasteiger partial charge in [-0.3, -0.25) is 9.78 Å². The van der Waals surface area contributed by atoms with Crippen molar-refractivity contribution < 1.29 is 9.32 Å². The molecule has 2 aromatic heterocycles. The number of rotatable bonds is 3. The zero-order chi connectivity index (χ0) is 14.0. The summed E-state index contributed by atoms with van der Waals surface area (Å²) in [5, 5.41) is 7.19. The fraction of sp³-hybridized carbons (Fsp3) is 0.308. The predicted molar refractivity (Wildman–Crippen MR) is 71.1 cm³/mol. The van der Waals surface area contributed by atoms with Crippen LogP contribution >= 0.6 is 11.6 Å². The third kappa shape index (κ3) is 2.93. The monoisotopic (exact) mass is 279 g/mol. The maximum absolute atomic E-state index is 12.0. The minimum absolute atomic E-state index is 0.209. The van der Waals surface area contributed by atoms with E-state index in [1.54, 1.807) is 6.07 Å². The highest BCUT2D eigenvalue weighted by Crippen LogP contribution is 2.21. The molecule has 0 aliphatic rings. The molecule has 2 aromatic rings. The Bertz CT molecular complexity index is 590. The lowest BCUT2D eigenvalue weighted by molar-refractivity contribution is 0.0934. The molecule has 0 spiro atoms. The van der Waals surface area contributed by atoms with Gasteiger partial charge in [-0.25, -0.2) is 0 Å². The normalized spacial score (nSPS) is 12.2. The largest absolute Gasteiger partial charge is 0.361 e. The van der Waals surface area contributed by atoms with Gasteiger partial charge >= 0.3 is 0 Å². The van der Waals surface area contributed by atoms with Crippen LogP contribution in [0.3, 0.4) is 0 Å². The highest BCUT2D eigenvalue weighted by molar-refractivity contribution is 6.30. The SMILES string of the molecule is Cc1noc(C)c1C(C)NC(=O)c1cc(Cl)ccn1. The summed E-state index contributed by atoms with van der Waals surface area (Å²) in [6, 6.07) is 2.94. The maximum Gasteiger partial charge on any atom is 0.270 e. The number of halogens is 1. The number of nitrogens with zero attached hydrogens (tertiary/aromatic N) is 2. The zero-order valence-corrected chi connectivity index (χ0v) is 11.7. The number of pyridine rings is 1. The molecular weight excluding hydrogens is 266 g/mol. The number of hydrogen-bond acceptors (Lipinski definition) is 4. The van der Waals surface area contributed by atoms with Gasteiger partial charge in [0.25, 0.3) is 5.91 Å². The van der Waals surface area contributed by atoms with E-state index >= 15 is 0 Å². The van der Waals surface area contributed by atoms with E-state index in [1.807, 2.05) is 20.8 Å². The van der Waals surface area contributed by atoms with Crippen molar-refractivity contribution in [3.8, 4) is 0 Å². The van der Waals surface area contributed by atoms with Gasteiger partial charge in [0.1, 0.15) is 11.5 Å². The second kappa shape index (κ2) is 5.40. The summed E-state index contributed by atoms with van der Waals surface area (Å²) in [5.41, 5.74) is 1.94. The number of carbonyl (C=O) groups is 1. The summed E-state index contributed by atoms with van der Waals surface area (Å²) in [6.45, 7) is 5.52. The molecule has 100 valence electrons. The molecule has 0 saturated heterocycles. The molecule has 0 radical (unpaired) electrons. The van der Waals surface area contributed by atoms with E-state index in [-0.39, 0.29) is 17.6 Å². The molecule has 19 heavy (non-hydrogen) atoms. The van der Waals surface area contributed by atoms with Crippen molar-refractivity contribution in [1.82, 2.24) is 15.5 Å². The quantitative estimate of drug-likeness (QED) is 0.938. The van der Waals surface area contributed by atoms with Gasteiger partial charge in [-0.15, -0.1) is 0 Å². The fourth-order valence-corrected chi connectivity index (χ4v) is 2.14. The highest BCUT2D eigenvalue weighted by atomic mass is 35.5. The third-order valence-corrected chi connectivity index (χ3v) is 3.06. The van der Waals surface area contributed by atoms with Crippen LogP contribution in [0.1, 0.15) is 40.5 Å². The number of nitrogens with one attached hydrogen (secondary N) is 1. The Morgan fingerprint density at radius 2 is 2.21 bits per heavy atom. The smallest absolute Gasteiger partial charge is 0.270 e. The predicted octanol–water partition coefficient (Wildman–Crippen LogP) is 2.83. The van der Waals surface area contributed by atoms with Crippen LogP contribution < -0.4 is 5.32 Å². The van der Waals surface area contributed by atoms with Gasteiger partial charge in [0.2, 0.25) is 0 Å². The molecule has 2 heterocycles. The lowest BCUT2D eigenvalue weighted by Crippen LogP contribution is -2.28. The van der Waals surface area contributed by atoms with Crippen molar-refractivity contribution in [2.45, 2.75) is 26.8 Å². The van der Waals surface area contributed by atoms with E-state index in [2.05, 4.69) is 15.5 Å². The Hall–Kier alpha value is -1.88. The first kappa shape index (κ1) is 13.5. The maximum atomic E-state index is 12.0. The molecule has 0 aliphatic heterocycles. The van der Waals surface area contributed by atoms with E-state index in [0.29, 0.717) is 10.8 Å². The summed E-state index contributed by atoms with van der Waals surface area (Å²) >= 11 is 5.83. The Kier molecular flexibility index (Phi) is 3.85. The Morgan fingerprint density at radius 3 is 2.79 bits per heavy atom. The molecule has 0 bridgehead atoms. The first-order valence-corrected chi connectivity index (χ1v) is 6.22. The van der Waals surface area contributed by atoms with E-state index in [0.717, 1.165) is 11.3 Å². The molecule has 0 aliphatic carbocycles. The van der Waals surface area contributed by atoms with Crippen molar-refractivity contribution >= 4 is 17.5 Å². The highest BCUT2D eigenvalue weighted by Gasteiger charge is 2.19. The van der Waals surface area contributed by atoms with Crippen molar-refractivity contribution in [2.75, 3.05) is 0 Å². The Labute approximate surface area is 116 Å². The molecule has 1 N–H and O–H groups in total. The standard InChI is InChI=1S/C13H14ClN3O2/c1-7(12-8(2)17-19-9(12)3)16-13(18)11-6-10(14)4-5-15-11/h4-7H,1-3H3,(H,16,18). The molecule has 6 heteroatoms. The zero-order valence-electron chi connectivity index (χ0n) is 10.9. The van der Waals surface area contributed by atoms with Gasteiger partial charge in [-0.05, 0) is 32.9 Å². The van der Waals surface area contributed by atoms with Crippen molar-refractivity contribution in [3.05, 3.63) is 46.1 Å². The van der Waals surface area contributed by atoms with Crippen LogP contribution in [0.2, 0.25) is 5.02 Å². The molecule has 2 rings (SSSR count). The van der Waals surface area contributed by atoms with Crippen molar-refractivity contribution in [3.63, 3.8) is 0 Å². The number of hydrogen-bond donors (Lipinski definition) is 1. The minimum Gasteiger partial charge on any atom is -0.361 e. The van der Waals surface area contributed by atoms with Crippen molar-refractivity contribution in [1.29, 1.82) is 0 Å². The summed E-state index contributed by atoms with van der Waals surface area (Å²) < 4.78 is 5.08. The number of aryl methyl sites for hydroxylation is 2. The molecule has 1 amide bonds. The number of carbonyl (C=O) groups excluding carboxylic acids is 1. The van der Waals surface area contributed by atoms with Crippen LogP contribution in [-0.2, 0) is 0 Å².